The van der Waals surface area contributed by atoms with Crippen molar-refractivity contribution in [2.45, 2.75) is 25.8 Å². The summed E-state index contributed by atoms with van der Waals surface area (Å²) in [5.74, 6) is 1.73. The molecule has 2 aromatic heterocycles. The lowest BCUT2D eigenvalue weighted by Gasteiger charge is -2.04. The van der Waals surface area contributed by atoms with E-state index in [1.54, 1.807) is 0 Å². The zero-order valence-electron chi connectivity index (χ0n) is 14.8. The van der Waals surface area contributed by atoms with Crippen molar-refractivity contribution < 1.29 is 9.30 Å². The Labute approximate surface area is 153 Å². The SMILES string of the molecule is c1ccc(Oc2ccc3[nH]c(CCCC[n+]4ccccc4)cc3c2)cc1. The number of ether oxygens (including phenoxy) is 1. The number of hydrogen-bond donors (Lipinski definition) is 1. The molecule has 0 spiro atoms. The van der Waals surface area contributed by atoms with Crippen molar-refractivity contribution in [3.63, 3.8) is 0 Å². The second-order valence-electron chi connectivity index (χ2n) is 6.53. The van der Waals surface area contributed by atoms with Crippen LogP contribution in [-0.4, -0.2) is 4.98 Å². The molecule has 26 heavy (non-hydrogen) atoms. The third-order valence-electron chi connectivity index (χ3n) is 4.52. The van der Waals surface area contributed by atoms with Crippen molar-refractivity contribution in [2.75, 3.05) is 0 Å². The average Bonchev–Trinajstić information content (AvgIpc) is 3.09. The van der Waals surface area contributed by atoms with Gasteiger partial charge in [-0.25, -0.2) is 4.57 Å². The molecule has 0 unspecified atom stereocenters. The molecule has 0 aliphatic heterocycles. The molecule has 1 N–H and O–H groups in total. The Balaban J connectivity index is 1.36. The highest BCUT2D eigenvalue weighted by Crippen LogP contribution is 2.26. The zero-order chi connectivity index (χ0) is 17.6. The van der Waals surface area contributed by atoms with Gasteiger partial charge in [-0.3, -0.25) is 0 Å². The van der Waals surface area contributed by atoms with Gasteiger partial charge >= 0.3 is 0 Å². The topological polar surface area (TPSA) is 28.9 Å². The minimum absolute atomic E-state index is 0.862. The molecule has 0 atom stereocenters. The van der Waals surface area contributed by atoms with Crippen LogP contribution in [0.25, 0.3) is 10.9 Å². The van der Waals surface area contributed by atoms with Crippen LogP contribution in [0.1, 0.15) is 18.5 Å². The predicted molar refractivity (Wildman–Crippen MR) is 104 cm³/mol. The molecule has 0 fully saturated rings. The van der Waals surface area contributed by atoms with Gasteiger partial charge in [-0.15, -0.1) is 0 Å². The molecule has 0 radical (unpaired) electrons. The molecule has 2 aromatic carbocycles. The molecule has 130 valence electrons. The molecule has 0 amide bonds. The van der Waals surface area contributed by atoms with Gasteiger partial charge in [0.25, 0.3) is 0 Å². The number of nitrogens with one attached hydrogen (secondary N) is 1. The van der Waals surface area contributed by atoms with Gasteiger partial charge < -0.3 is 9.72 Å². The van der Waals surface area contributed by atoms with Crippen molar-refractivity contribution in [2.24, 2.45) is 0 Å². The molecule has 3 nitrogen and oxygen atoms in total. The van der Waals surface area contributed by atoms with Crippen molar-refractivity contribution in [1.82, 2.24) is 4.98 Å². The van der Waals surface area contributed by atoms with Crippen LogP contribution in [0.2, 0.25) is 0 Å². The fourth-order valence-corrected chi connectivity index (χ4v) is 3.19. The fourth-order valence-electron chi connectivity index (χ4n) is 3.19. The summed E-state index contributed by atoms with van der Waals surface area (Å²) in [6, 6.07) is 24.5. The standard InChI is InChI=1S/C23H23N2O/c1-3-10-21(11-4-1)26-22-12-13-23-19(18-22)17-20(24-23)9-5-8-16-25-14-6-2-7-15-25/h1-4,6-7,10-15,17-18,24H,5,8-9,16H2/q+1. The molecule has 0 aliphatic rings. The summed E-state index contributed by atoms with van der Waals surface area (Å²) in [5, 5.41) is 1.20. The number of rotatable bonds is 7. The number of aryl methyl sites for hydroxylation is 2. The van der Waals surface area contributed by atoms with Crippen LogP contribution < -0.4 is 9.30 Å². The third kappa shape index (κ3) is 4.12. The number of hydrogen-bond acceptors (Lipinski definition) is 1. The van der Waals surface area contributed by atoms with Gasteiger partial charge in [0.15, 0.2) is 12.4 Å². The Kier molecular flexibility index (Phi) is 4.97. The van der Waals surface area contributed by atoms with Crippen LogP contribution in [0, 0.1) is 0 Å². The third-order valence-corrected chi connectivity index (χ3v) is 4.52. The van der Waals surface area contributed by atoms with E-state index in [0.29, 0.717) is 0 Å². The number of aromatic amines is 1. The predicted octanol–water partition coefficient (Wildman–Crippen LogP) is 5.27. The summed E-state index contributed by atoms with van der Waals surface area (Å²) in [7, 11) is 0. The second kappa shape index (κ2) is 7.87. The van der Waals surface area contributed by atoms with Gasteiger partial charge in [0.05, 0.1) is 0 Å². The number of pyridine rings is 1. The van der Waals surface area contributed by atoms with E-state index in [4.69, 9.17) is 4.74 Å². The summed E-state index contributed by atoms with van der Waals surface area (Å²) in [5.41, 5.74) is 2.45. The van der Waals surface area contributed by atoms with E-state index in [2.05, 4.69) is 58.3 Å². The lowest BCUT2D eigenvalue weighted by atomic mass is 10.2. The maximum Gasteiger partial charge on any atom is 0.168 e. The van der Waals surface area contributed by atoms with E-state index < -0.39 is 0 Å². The maximum atomic E-state index is 5.93. The Morgan fingerprint density at radius 1 is 0.769 bits per heavy atom. The molecule has 0 aliphatic carbocycles. The minimum Gasteiger partial charge on any atom is -0.457 e. The van der Waals surface area contributed by atoms with Crippen LogP contribution in [0.5, 0.6) is 11.5 Å². The van der Waals surface area contributed by atoms with Crippen LogP contribution in [0.15, 0.2) is 85.2 Å². The van der Waals surface area contributed by atoms with Crippen molar-refractivity contribution in [3.8, 4) is 11.5 Å². The Morgan fingerprint density at radius 2 is 1.58 bits per heavy atom. The number of benzene rings is 2. The lowest BCUT2D eigenvalue weighted by molar-refractivity contribution is -0.697. The van der Waals surface area contributed by atoms with Gasteiger partial charge in [-0.2, -0.15) is 0 Å². The second-order valence-corrected chi connectivity index (χ2v) is 6.53. The van der Waals surface area contributed by atoms with Gasteiger partial charge in [0.2, 0.25) is 0 Å². The van der Waals surface area contributed by atoms with E-state index in [1.165, 1.54) is 23.9 Å². The summed E-state index contributed by atoms with van der Waals surface area (Å²) in [6.07, 6.45) is 7.65. The van der Waals surface area contributed by atoms with Crippen LogP contribution in [0.4, 0.5) is 0 Å². The van der Waals surface area contributed by atoms with E-state index in [-0.39, 0.29) is 0 Å². The molecule has 3 heteroatoms. The molecule has 0 saturated heterocycles. The molecular weight excluding hydrogens is 320 g/mol. The maximum absolute atomic E-state index is 5.93. The van der Waals surface area contributed by atoms with Crippen molar-refractivity contribution in [1.29, 1.82) is 0 Å². The molecule has 0 saturated carbocycles. The highest BCUT2D eigenvalue weighted by atomic mass is 16.5. The minimum atomic E-state index is 0.862. The summed E-state index contributed by atoms with van der Waals surface area (Å²) in [6.45, 7) is 1.07. The largest absolute Gasteiger partial charge is 0.457 e. The molecular formula is C23H23N2O+. The first kappa shape index (κ1) is 16.4. The lowest BCUT2D eigenvalue weighted by Crippen LogP contribution is -2.32. The van der Waals surface area contributed by atoms with Gasteiger partial charge in [0.1, 0.15) is 18.0 Å². The first-order valence-corrected chi connectivity index (χ1v) is 9.15. The van der Waals surface area contributed by atoms with Crippen LogP contribution in [-0.2, 0) is 13.0 Å². The number of nitrogens with zero attached hydrogens (tertiary/aromatic N) is 1. The smallest absolute Gasteiger partial charge is 0.168 e. The fraction of sp³-hybridized carbons (Fsp3) is 0.174. The van der Waals surface area contributed by atoms with Crippen LogP contribution >= 0.6 is 0 Å². The molecule has 0 bridgehead atoms. The van der Waals surface area contributed by atoms with E-state index in [9.17, 15) is 0 Å². The highest BCUT2D eigenvalue weighted by molar-refractivity contribution is 5.82. The molecule has 4 aromatic rings. The summed E-state index contributed by atoms with van der Waals surface area (Å²) >= 11 is 0. The van der Waals surface area contributed by atoms with E-state index in [1.807, 2.05) is 36.4 Å². The number of H-pyrrole nitrogens is 1. The highest BCUT2D eigenvalue weighted by Gasteiger charge is 2.05. The average molecular weight is 343 g/mol. The van der Waals surface area contributed by atoms with Crippen molar-refractivity contribution >= 4 is 10.9 Å². The van der Waals surface area contributed by atoms with Gasteiger partial charge in [-0.1, -0.05) is 24.3 Å². The van der Waals surface area contributed by atoms with E-state index in [0.717, 1.165) is 30.0 Å². The molecule has 2 heterocycles. The molecule has 4 rings (SSSR count). The normalized spacial score (nSPS) is 10.9. The monoisotopic (exact) mass is 343 g/mol. The van der Waals surface area contributed by atoms with Crippen LogP contribution in [0.3, 0.4) is 0 Å². The summed E-state index contributed by atoms with van der Waals surface area (Å²) < 4.78 is 8.16. The van der Waals surface area contributed by atoms with Gasteiger partial charge in [-0.05, 0) is 49.2 Å². The van der Waals surface area contributed by atoms with Gasteiger partial charge in [0, 0.05) is 35.2 Å². The quantitative estimate of drug-likeness (QED) is 0.359. The first-order chi connectivity index (χ1) is 12.9. The first-order valence-electron chi connectivity index (χ1n) is 9.15. The number of fused-ring (bicyclic) bond motifs is 1. The number of unbranched alkanes of at least 4 members (excludes halogenated alkanes) is 1. The Morgan fingerprint density at radius 3 is 2.42 bits per heavy atom. The number of para-hydroxylation sites is 1. The Hall–Kier alpha value is -3.07. The summed E-state index contributed by atoms with van der Waals surface area (Å²) in [4.78, 5) is 3.52. The van der Waals surface area contributed by atoms with Crippen molar-refractivity contribution in [3.05, 3.63) is 90.9 Å². The van der Waals surface area contributed by atoms with E-state index >= 15 is 0 Å². The Bertz CT molecular complexity index is 961. The number of aromatic nitrogens is 2. The zero-order valence-corrected chi connectivity index (χ0v) is 14.8.